The second-order valence-electron chi connectivity index (χ2n) is 3.93. The van der Waals surface area contributed by atoms with Crippen molar-refractivity contribution < 1.29 is 21.7 Å². The fraction of sp³-hybridized carbons (Fsp3) is 0.471. The molecule has 21 heavy (non-hydrogen) atoms. The van der Waals surface area contributed by atoms with Gasteiger partial charge in [0.2, 0.25) is 0 Å². The molecule has 0 bridgehead atoms. The molecule has 0 radical (unpaired) electrons. The normalized spacial score (nSPS) is 9.33. The average Bonchev–Trinajstić information content (AvgIpc) is 2.59. The molecule has 1 aliphatic carbocycles. The van der Waals surface area contributed by atoms with E-state index in [4.69, 9.17) is 0 Å². The van der Waals surface area contributed by atoms with Crippen LogP contribution in [-0.2, 0) is 21.7 Å². The van der Waals surface area contributed by atoms with E-state index in [9.17, 15) is 0 Å². The Balaban J connectivity index is -0.0000000212. The predicted molar refractivity (Wildman–Crippen MR) is 109 cm³/mol. The summed E-state index contributed by atoms with van der Waals surface area (Å²) in [5.41, 5.74) is 1.72. The minimum absolute atomic E-state index is 0. The first-order valence-corrected chi connectivity index (χ1v) is 7.02. The largest absolute Gasteiger partial charge is 0.358 e. The summed E-state index contributed by atoms with van der Waals surface area (Å²) >= 11 is 0. The van der Waals surface area contributed by atoms with Gasteiger partial charge in [-0.15, -0.1) is 39.2 Å². The third kappa shape index (κ3) is 29.8. The molecule has 1 aliphatic rings. The van der Waals surface area contributed by atoms with Crippen LogP contribution in [0, 0.1) is 42.7 Å². The molecule has 0 amide bonds. The maximum absolute atomic E-state index is 3.96. The maximum Gasteiger partial charge on any atom is 0 e. The Morgan fingerprint density at radius 3 is 1.43 bits per heavy atom. The quantitative estimate of drug-likeness (QED) is 0.274. The Labute approximate surface area is 166 Å². The Hall–Kier alpha value is 1.20. The van der Waals surface area contributed by atoms with Crippen molar-refractivity contribution in [2.75, 3.05) is 6.16 Å². The third-order valence-corrected chi connectivity index (χ3v) is 5.34. The topological polar surface area (TPSA) is 0 Å². The van der Waals surface area contributed by atoms with Gasteiger partial charge in [0.25, 0.3) is 0 Å². The van der Waals surface area contributed by atoms with E-state index in [-0.39, 0.29) is 84.2 Å². The van der Waals surface area contributed by atoms with E-state index in [1.165, 1.54) is 0 Å². The van der Waals surface area contributed by atoms with Crippen molar-refractivity contribution in [3.05, 3.63) is 60.9 Å². The Morgan fingerprint density at radius 2 is 1.38 bits per heavy atom. The Kier molecular flexibility index (Phi) is 77.7. The Morgan fingerprint density at radius 1 is 1.00 bits per heavy atom. The van der Waals surface area contributed by atoms with Crippen molar-refractivity contribution in [3.63, 3.8) is 0 Å². The smallest absolute Gasteiger partial charge is 0 e. The third-order valence-electron chi connectivity index (χ3n) is 2.17. The second-order valence-corrected chi connectivity index (χ2v) is 7.47. The van der Waals surface area contributed by atoms with Crippen LogP contribution in [0.3, 0.4) is 0 Å². The van der Waals surface area contributed by atoms with Gasteiger partial charge in [-0.05, 0) is 11.3 Å². The molecule has 0 aromatic heterocycles. The number of allylic oxidation sites excluding steroid dienone is 4. The van der Waals surface area contributed by atoms with E-state index in [0.717, 1.165) is 23.9 Å². The molecule has 0 aromatic rings. The van der Waals surface area contributed by atoms with Gasteiger partial charge in [-0.3, -0.25) is 6.08 Å². The van der Waals surface area contributed by atoms with Crippen LogP contribution in [0.2, 0.25) is 0 Å². The molecule has 0 spiro atoms. The van der Waals surface area contributed by atoms with Crippen LogP contribution in [0.1, 0.15) is 34.1 Å². The van der Waals surface area contributed by atoms with Crippen LogP contribution >= 0.6 is 32.7 Å². The van der Waals surface area contributed by atoms with E-state index in [1.807, 2.05) is 12.2 Å². The van der Waals surface area contributed by atoms with Crippen molar-refractivity contribution in [1.29, 1.82) is 0 Å². The summed E-state index contributed by atoms with van der Waals surface area (Å²) in [5, 5.41) is 0. The average molecular weight is 391 g/mol. The molecule has 0 heterocycles. The summed E-state index contributed by atoms with van der Waals surface area (Å²) < 4.78 is 0. The van der Waals surface area contributed by atoms with E-state index >= 15 is 0 Å². The summed E-state index contributed by atoms with van der Waals surface area (Å²) in [6, 6.07) is 0. The van der Waals surface area contributed by atoms with Gasteiger partial charge in [0, 0.05) is 21.7 Å². The molecule has 4 heteroatoms. The van der Waals surface area contributed by atoms with Crippen LogP contribution in [0.4, 0.5) is 0 Å². The summed E-state index contributed by atoms with van der Waals surface area (Å²) in [6.45, 7) is 13.2. The number of hydrogen-bond donors (Lipinski definition) is 0. The van der Waals surface area contributed by atoms with Gasteiger partial charge in [0.1, 0.15) is 0 Å². The zero-order valence-electron chi connectivity index (χ0n) is 15.3. The standard InChI is InChI=1S/C8H18P.C5H5.4CH3.2ClH.Ti/c1-6-9(7(2)3)8(4)5;1-2-4-5-3-1;;;;;;;/h7-8H,1,6H2,2-5H3;1-3H,4H2;4*1H3;2*1H;/q6*-1;;;. The molecular weight excluding hydrogens is 354 g/mol. The monoisotopic (exact) mass is 390 g/mol. The summed E-state index contributed by atoms with van der Waals surface area (Å²) in [4.78, 5) is 0. The van der Waals surface area contributed by atoms with Gasteiger partial charge >= 0.3 is 0 Å². The van der Waals surface area contributed by atoms with Crippen molar-refractivity contribution in [2.24, 2.45) is 0 Å². The van der Waals surface area contributed by atoms with Gasteiger partial charge in [-0.2, -0.15) is 12.2 Å². The minimum Gasteiger partial charge on any atom is -0.358 e. The SMILES string of the molecule is Cl.Cl.[C-]1=CC=CC1.[CH2-]CP(C(C)C)C(C)C.[CH3-].[CH3-].[CH3-].[CH3-].[Ti]. The van der Waals surface area contributed by atoms with E-state index in [2.05, 4.69) is 46.8 Å². The fourth-order valence-electron chi connectivity index (χ4n) is 1.45. The summed E-state index contributed by atoms with van der Waals surface area (Å²) in [7, 11) is 0.212. The molecule has 134 valence electrons. The van der Waals surface area contributed by atoms with Crippen LogP contribution in [0.5, 0.6) is 0 Å². The molecule has 0 atom stereocenters. The molecule has 1 rings (SSSR count). The predicted octanol–water partition coefficient (Wildman–Crippen LogP) is 7.07. The van der Waals surface area contributed by atoms with Crippen LogP contribution in [-0.4, -0.2) is 17.5 Å². The molecule has 0 aromatic carbocycles. The van der Waals surface area contributed by atoms with Gasteiger partial charge in [-0.1, -0.05) is 27.7 Å². The molecule has 0 aliphatic heterocycles. The zero-order valence-corrected chi connectivity index (χ0v) is 19.4. The van der Waals surface area contributed by atoms with Gasteiger partial charge < -0.3 is 36.6 Å². The molecule has 0 fully saturated rings. The van der Waals surface area contributed by atoms with Gasteiger partial charge in [0.05, 0.1) is 0 Å². The number of hydrogen-bond acceptors (Lipinski definition) is 0. The zero-order chi connectivity index (χ0) is 11.0. The van der Waals surface area contributed by atoms with Crippen molar-refractivity contribution >= 4 is 32.7 Å². The van der Waals surface area contributed by atoms with E-state index in [0.29, 0.717) is 0 Å². The first-order chi connectivity index (χ1) is 6.59. The molecule has 0 nitrogen and oxygen atoms in total. The van der Waals surface area contributed by atoms with E-state index in [1.54, 1.807) is 0 Å². The molecule has 0 saturated carbocycles. The Bertz CT molecular complexity index is 175. The second kappa shape index (κ2) is 33.0. The van der Waals surface area contributed by atoms with Crippen LogP contribution in [0.25, 0.3) is 0 Å². The molecule has 0 unspecified atom stereocenters. The first kappa shape index (κ1) is 49.5. The summed E-state index contributed by atoms with van der Waals surface area (Å²) in [5.74, 6) is 0. The fourth-order valence-corrected chi connectivity index (χ4v) is 3.68. The van der Waals surface area contributed by atoms with Crippen molar-refractivity contribution in [3.8, 4) is 0 Å². The number of rotatable bonds is 3. The number of halogens is 2. The van der Waals surface area contributed by atoms with E-state index < -0.39 is 0 Å². The molecular formula is C17H37Cl2PTi-6. The molecule has 0 N–H and O–H groups in total. The van der Waals surface area contributed by atoms with Crippen LogP contribution < -0.4 is 0 Å². The van der Waals surface area contributed by atoms with Gasteiger partial charge in [-0.25, -0.2) is 12.2 Å². The minimum atomic E-state index is 0. The van der Waals surface area contributed by atoms with Crippen molar-refractivity contribution in [2.45, 2.75) is 45.4 Å². The summed E-state index contributed by atoms with van der Waals surface area (Å²) in [6.07, 6.45) is 11.1. The van der Waals surface area contributed by atoms with Crippen molar-refractivity contribution in [1.82, 2.24) is 0 Å². The first-order valence-electron chi connectivity index (χ1n) is 5.36. The maximum atomic E-state index is 3.96. The van der Waals surface area contributed by atoms with Gasteiger partial charge in [0.15, 0.2) is 0 Å². The molecule has 0 saturated heterocycles. The van der Waals surface area contributed by atoms with Crippen LogP contribution in [0.15, 0.2) is 18.2 Å².